The molecule has 0 radical (unpaired) electrons. The van der Waals surface area contributed by atoms with Gasteiger partial charge in [-0.3, -0.25) is 0 Å². The van der Waals surface area contributed by atoms with Crippen LogP contribution < -0.4 is 10.2 Å². The molecule has 1 aliphatic rings. The Morgan fingerprint density at radius 1 is 1.15 bits per heavy atom. The summed E-state index contributed by atoms with van der Waals surface area (Å²) in [5, 5.41) is 3.17. The molecule has 112 valence electrons. The Hall–Kier alpha value is -1.32. The average molecular weight is 276 g/mol. The van der Waals surface area contributed by atoms with E-state index in [0.717, 1.165) is 23.0 Å². The molecule has 4 heteroatoms. The first-order valence-electron chi connectivity index (χ1n) is 7.60. The van der Waals surface area contributed by atoms with Gasteiger partial charge in [0.15, 0.2) is 0 Å². The largest absolute Gasteiger partial charge is 0.373 e. The fourth-order valence-corrected chi connectivity index (χ4v) is 3.14. The molecule has 0 unspecified atom stereocenters. The summed E-state index contributed by atoms with van der Waals surface area (Å²) >= 11 is 0. The Bertz CT molecular complexity index is 472. The molecule has 0 aliphatic heterocycles. The van der Waals surface area contributed by atoms with Gasteiger partial charge in [0.2, 0.25) is 0 Å². The zero-order valence-electron chi connectivity index (χ0n) is 13.7. The first-order valence-corrected chi connectivity index (χ1v) is 7.60. The highest BCUT2D eigenvalue weighted by atomic mass is 15.2. The molecule has 1 saturated carbocycles. The second-order valence-electron chi connectivity index (χ2n) is 6.82. The minimum Gasteiger partial charge on any atom is -0.373 e. The van der Waals surface area contributed by atoms with Gasteiger partial charge in [0.1, 0.15) is 17.5 Å². The number of rotatable bonds is 3. The van der Waals surface area contributed by atoms with Crippen LogP contribution in [0.1, 0.15) is 50.9 Å². The van der Waals surface area contributed by atoms with Gasteiger partial charge >= 0.3 is 0 Å². The van der Waals surface area contributed by atoms with Crippen molar-refractivity contribution in [3.8, 4) is 0 Å². The lowest BCUT2D eigenvalue weighted by Crippen LogP contribution is -2.38. The number of aryl methyl sites for hydroxylation is 1. The Kier molecular flexibility index (Phi) is 4.21. The second kappa shape index (κ2) is 5.58. The van der Waals surface area contributed by atoms with Crippen LogP contribution in [0.5, 0.6) is 0 Å². The monoisotopic (exact) mass is 276 g/mol. The van der Waals surface area contributed by atoms with E-state index in [4.69, 9.17) is 0 Å². The SMILES string of the molecule is CNc1nc(C)nc(N(C)C2CCC(C)(C)CC2)c1C. The fourth-order valence-electron chi connectivity index (χ4n) is 3.14. The first-order chi connectivity index (χ1) is 9.34. The van der Waals surface area contributed by atoms with Crippen LogP contribution in [0.2, 0.25) is 0 Å². The molecule has 1 fully saturated rings. The maximum Gasteiger partial charge on any atom is 0.137 e. The molecule has 0 bridgehead atoms. The van der Waals surface area contributed by atoms with E-state index >= 15 is 0 Å². The van der Waals surface area contributed by atoms with Gasteiger partial charge in [0, 0.05) is 25.7 Å². The predicted molar refractivity (Wildman–Crippen MR) is 85.5 cm³/mol. The van der Waals surface area contributed by atoms with Crippen LogP contribution in [0, 0.1) is 19.3 Å². The van der Waals surface area contributed by atoms with Gasteiger partial charge < -0.3 is 10.2 Å². The second-order valence-corrected chi connectivity index (χ2v) is 6.82. The van der Waals surface area contributed by atoms with Crippen LogP contribution in [-0.4, -0.2) is 30.1 Å². The van der Waals surface area contributed by atoms with Crippen LogP contribution >= 0.6 is 0 Å². The third kappa shape index (κ3) is 3.05. The molecule has 1 N–H and O–H groups in total. The Morgan fingerprint density at radius 3 is 2.30 bits per heavy atom. The third-order valence-electron chi connectivity index (χ3n) is 4.66. The maximum atomic E-state index is 4.67. The minimum absolute atomic E-state index is 0.504. The van der Waals surface area contributed by atoms with Crippen molar-refractivity contribution < 1.29 is 0 Å². The van der Waals surface area contributed by atoms with Crippen molar-refractivity contribution in [2.24, 2.45) is 5.41 Å². The smallest absolute Gasteiger partial charge is 0.137 e. The van der Waals surface area contributed by atoms with E-state index < -0.39 is 0 Å². The molecule has 0 spiro atoms. The van der Waals surface area contributed by atoms with E-state index in [9.17, 15) is 0 Å². The summed E-state index contributed by atoms with van der Waals surface area (Å²) in [6.45, 7) is 8.82. The average Bonchev–Trinajstić information content (AvgIpc) is 2.40. The molecule has 2 rings (SSSR count). The third-order valence-corrected chi connectivity index (χ3v) is 4.66. The highest BCUT2D eigenvalue weighted by Gasteiger charge is 2.30. The molecular weight excluding hydrogens is 248 g/mol. The van der Waals surface area contributed by atoms with E-state index in [1.54, 1.807) is 0 Å². The highest BCUT2D eigenvalue weighted by molar-refractivity contribution is 5.58. The Morgan fingerprint density at radius 2 is 1.75 bits per heavy atom. The molecule has 20 heavy (non-hydrogen) atoms. The zero-order valence-corrected chi connectivity index (χ0v) is 13.7. The molecule has 1 aromatic heterocycles. The van der Waals surface area contributed by atoms with Crippen LogP contribution in [0.15, 0.2) is 0 Å². The lowest BCUT2D eigenvalue weighted by atomic mass is 9.75. The topological polar surface area (TPSA) is 41.1 Å². The van der Waals surface area contributed by atoms with Crippen LogP contribution in [0.4, 0.5) is 11.6 Å². The van der Waals surface area contributed by atoms with Crippen molar-refractivity contribution in [1.29, 1.82) is 0 Å². The minimum atomic E-state index is 0.504. The van der Waals surface area contributed by atoms with Gasteiger partial charge in [-0.2, -0.15) is 0 Å². The summed E-state index contributed by atoms with van der Waals surface area (Å²) in [5.74, 6) is 2.85. The predicted octanol–water partition coefficient (Wildman–Crippen LogP) is 3.54. The van der Waals surface area contributed by atoms with Gasteiger partial charge in [-0.1, -0.05) is 13.8 Å². The number of aromatic nitrogens is 2. The van der Waals surface area contributed by atoms with Crippen molar-refractivity contribution in [2.45, 2.75) is 59.4 Å². The molecule has 1 aliphatic carbocycles. The summed E-state index contributed by atoms with van der Waals surface area (Å²) in [6, 6.07) is 0.598. The van der Waals surface area contributed by atoms with Crippen molar-refractivity contribution >= 4 is 11.6 Å². The maximum absolute atomic E-state index is 4.67. The van der Waals surface area contributed by atoms with E-state index in [1.807, 2.05) is 14.0 Å². The van der Waals surface area contributed by atoms with Gasteiger partial charge in [-0.05, 0) is 44.9 Å². The summed E-state index contributed by atoms with van der Waals surface area (Å²) in [7, 11) is 4.10. The number of nitrogens with one attached hydrogen (secondary N) is 1. The first kappa shape index (κ1) is 15.1. The van der Waals surface area contributed by atoms with Crippen molar-refractivity contribution in [3.05, 3.63) is 11.4 Å². The summed E-state index contributed by atoms with van der Waals surface area (Å²) < 4.78 is 0. The molecule has 4 nitrogen and oxygen atoms in total. The summed E-state index contributed by atoms with van der Waals surface area (Å²) in [6.07, 6.45) is 5.09. The van der Waals surface area contributed by atoms with Crippen LogP contribution in [0.25, 0.3) is 0 Å². The molecule has 1 heterocycles. The number of nitrogens with zero attached hydrogens (tertiary/aromatic N) is 3. The summed E-state index contributed by atoms with van der Waals surface area (Å²) in [4.78, 5) is 11.5. The molecular formula is C16H28N4. The summed E-state index contributed by atoms with van der Waals surface area (Å²) in [5.41, 5.74) is 1.65. The standard InChI is InChI=1S/C16H28N4/c1-11-14(17-5)18-12(2)19-15(11)20(6)13-7-9-16(3,4)10-8-13/h13H,7-10H2,1-6H3,(H,17,18,19). The van der Waals surface area contributed by atoms with Gasteiger partial charge in [-0.15, -0.1) is 0 Å². The van der Waals surface area contributed by atoms with E-state index in [0.29, 0.717) is 11.5 Å². The van der Waals surface area contributed by atoms with Crippen molar-refractivity contribution in [1.82, 2.24) is 9.97 Å². The highest BCUT2D eigenvalue weighted by Crippen LogP contribution is 2.38. The lowest BCUT2D eigenvalue weighted by Gasteiger charge is -2.39. The molecule has 0 amide bonds. The molecule has 0 atom stereocenters. The van der Waals surface area contributed by atoms with Crippen LogP contribution in [-0.2, 0) is 0 Å². The normalized spacial score (nSPS) is 18.9. The zero-order chi connectivity index (χ0) is 14.9. The lowest BCUT2D eigenvalue weighted by molar-refractivity contribution is 0.222. The van der Waals surface area contributed by atoms with Gasteiger partial charge in [-0.25, -0.2) is 9.97 Å². The quantitative estimate of drug-likeness (QED) is 0.917. The number of hydrogen-bond donors (Lipinski definition) is 1. The fraction of sp³-hybridized carbons (Fsp3) is 0.750. The molecule has 0 aromatic carbocycles. The van der Waals surface area contributed by atoms with E-state index in [1.165, 1.54) is 25.7 Å². The molecule has 0 saturated heterocycles. The van der Waals surface area contributed by atoms with E-state index in [2.05, 4.69) is 48.0 Å². The van der Waals surface area contributed by atoms with Gasteiger partial charge in [0.25, 0.3) is 0 Å². The molecule has 1 aromatic rings. The van der Waals surface area contributed by atoms with Crippen molar-refractivity contribution in [3.63, 3.8) is 0 Å². The van der Waals surface area contributed by atoms with E-state index in [-0.39, 0.29) is 0 Å². The van der Waals surface area contributed by atoms with Crippen molar-refractivity contribution in [2.75, 3.05) is 24.3 Å². The number of hydrogen-bond acceptors (Lipinski definition) is 4. The van der Waals surface area contributed by atoms with Gasteiger partial charge in [0.05, 0.1) is 0 Å². The number of anilines is 2. The Balaban J connectivity index is 2.21. The Labute approximate surface area is 123 Å². The van der Waals surface area contributed by atoms with Crippen LogP contribution in [0.3, 0.4) is 0 Å².